The molecule has 1 aliphatic carbocycles. The third-order valence-electron chi connectivity index (χ3n) is 2.37. The molecule has 1 N–H and O–H groups in total. The summed E-state index contributed by atoms with van der Waals surface area (Å²) in [5, 5.41) is 2.95. The van der Waals surface area contributed by atoms with Crippen LogP contribution in [0, 0.1) is 5.92 Å². The van der Waals surface area contributed by atoms with Gasteiger partial charge in [-0.05, 0) is 12.3 Å². The van der Waals surface area contributed by atoms with E-state index in [2.05, 4.69) is 15.3 Å². The summed E-state index contributed by atoms with van der Waals surface area (Å²) in [7, 11) is 1.83. The summed E-state index contributed by atoms with van der Waals surface area (Å²) >= 11 is 0. The van der Waals surface area contributed by atoms with Crippen LogP contribution >= 0.6 is 0 Å². The van der Waals surface area contributed by atoms with Crippen LogP contribution in [0.4, 0.5) is 5.82 Å². The van der Waals surface area contributed by atoms with Gasteiger partial charge in [0.15, 0.2) is 0 Å². The largest absolute Gasteiger partial charge is 0.478 e. The van der Waals surface area contributed by atoms with Gasteiger partial charge in [-0.1, -0.05) is 12.8 Å². The number of hydrogen-bond acceptors (Lipinski definition) is 4. The fourth-order valence-electron chi connectivity index (χ4n) is 1.29. The molecule has 2 rings (SSSR count). The molecule has 0 radical (unpaired) electrons. The van der Waals surface area contributed by atoms with Crippen molar-refractivity contribution in [3.63, 3.8) is 0 Å². The van der Waals surface area contributed by atoms with Gasteiger partial charge < -0.3 is 10.1 Å². The lowest BCUT2D eigenvalue weighted by atomic mass is 10.3. The lowest BCUT2D eigenvalue weighted by Gasteiger charge is -2.05. The molecule has 4 nitrogen and oxygen atoms in total. The maximum atomic E-state index is 5.51. The summed E-state index contributed by atoms with van der Waals surface area (Å²) in [5.74, 6) is 2.35. The molecule has 0 spiro atoms. The first-order chi connectivity index (χ1) is 6.88. The second-order valence-corrected chi connectivity index (χ2v) is 3.57. The molecule has 0 aliphatic heterocycles. The number of hydrogen-bond donors (Lipinski definition) is 1. The number of aromatic nitrogens is 2. The molecule has 1 heterocycles. The Balaban J connectivity index is 1.81. The van der Waals surface area contributed by atoms with E-state index in [0.717, 1.165) is 24.8 Å². The topological polar surface area (TPSA) is 47.0 Å². The van der Waals surface area contributed by atoms with Crippen LogP contribution in [0.2, 0.25) is 0 Å². The predicted molar refractivity (Wildman–Crippen MR) is 54.4 cm³/mol. The van der Waals surface area contributed by atoms with Gasteiger partial charge >= 0.3 is 0 Å². The van der Waals surface area contributed by atoms with Crippen molar-refractivity contribution < 1.29 is 4.74 Å². The minimum atomic E-state index is 0.657. The van der Waals surface area contributed by atoms with Crippen molar-refractivity contribution in [2.75, 3.05) is 19.0 Å². The van der Waals surface area contributed by atoms with Crippen LogP contribution in [0.15, 0.2) is 12.4 Å². The average molecular weight is 193 g/mol. The number of nitrogens with one attached hydrogen (secondary N) is 1. The van der Waals surface area contributed by atoms with Crippen LogP contribution in [-0.2, 0) is 0 Å². The molecule has 1 aromatic rings. The second kappa shape index (κ2) is 4.26. The Kier molecular flexibility index (Phi) is 2.81. The van der Waals surface area contributed by atoms with Gasteiger partial charge in [-0.3, -0.25) is 0 Å². The third kappa shape index (κ3) is 2.58. The van der Waals surface area contributed by atoms with Crippen molar-refractivity contribution in [1.29, 1.82) is 0 Å². The fourth-order valence-corrected chi connectivity index (χ4v) is 1.29. The Morgan fingerprint density at radius 1 is 1.50 bits per heavy atom. The third-order valence-corrected chi connectivity index (χ3v) is 2.37. The molecule has 1 saturated carbocycles. The highest BCUT2D eigenvalue weighted by molar-refractivity contribution is 5.35. The van der Waals surface area contributed by atoms with Crippen LogP contribution in [0.25, 0.3) is 0 Å². The highest BCUT2D eigenvalue weighted by Gasteiger charge is 2.20. The monoisotopic (exact) mass is 193 g/mol. The number of rotatable bonds is 5. The lowest BCUT2D eigenvalue weighted by molar-refractivity contribution is 0.291. The van der Waals surface area contributed by atoms with E-state index < -0.39 is 0 Å². The molecule has 76 valence electrons. The summed E-state index contributed by atoms with van der Waals surface area (Å²) in [6.07, 6.45) is 5.40. The number of anilines is 1. The first-order valence-corrected chi connectivity index (χ1v) is 5.01. The molecule has 0 bridgehead atoms. The van der Waals surface area contributed by atoms with Crippen molar-refractivity contribution in [2.45, 2.75) is 19.3 Å². The maximum absolute atomic E-state index is 5.51. The molecule has 0 amide bonds. The standard InChI is InChI=1S/C10H15N3O/c1-11-9-6-10(13-7-12-9)14-5-4-8-2-3-8/h6-8H,2-5H2,1H3,(H,11,12,13). The summed E-state index contributed by atoms with van der Waals surface area (Å²) in [6, 6.07) is 1.81. The maximum Gasteiger partial charge on any atom is 0.218 e. The van der Waals surface area contributed by atoms with E-state index in [4.69, 9.17) is 4.74 Å². The van der Waals surface area contributed by atoms with Crippen LogP contribution in [0.1, 0.15) is 19.3 Å². The van der Waals surface area contributed by atoms with Crippen molar-refractivity contribution in [3.05, 3.63) is 12.4 Å². The zero-order valence-electron chi connectivity index (χ0n) is 8.36. The van der Waals surface area contributed by atoms with Crippen molar-refractivity contribution in [3.8, 4) is 5.88 Å². The zero-order valence-corrected chi connectivity index (χ0v) is 8.36. The average Bonchev–Trinajstić information content (AvgIpc) is 3.02. The van der Waals surface area contributed by atoms with Crippen LogP contribution < -0.4 is 10.1 Å². The smallest absolute Gasteiger partial charge is 0.218 e. The van der Waals surface area contributed by atoms with Gasteiger partial charge in [-0.2, -0.15) is 0 Å². The van der Waals surface area contributed by atoms with E-state index in [-0.39, 0.29) is 0 Å². The predicted octanol–water partition coefficient (Wildman–Crippen LogP) is 1.70. The molecule has 1 aromatic heterocycles. The molecule has 1 aliphatic rings. The van der Waals surface area contributed by atoms with Crippen molar-refractivity contribution >= 4 is 5.82 Å². The second-order valence-electron chi connectivity index (χ2n) is 3.57. The van der Waals surface area contributed by atoms with Gasteiger partial charge in [0.2, 0.25) is 5.88 Å². The quantitative estimate of drug-likeness (QED) is 0.773. The number of nitrogens with zero attached hydrogens (tertiary/aromatic N) is 2. The van der Waals surface area contributed by atoms with Crippen LogP contribution in [0.3, 0.4) is 0 Å². The van der Waals surface area contributed by atoms with E-state index in [1.807, 2.05) is 13.1 Å². The molecule has 14 heavy (non-hydrogen) atoms. The van der Waals surface area contributed by atoms with Crippen LogP contribution in [-0.4, -0.2) is 23.6 Å². The Morgan fingerprint density at radius 2 is 2.36 bits per heavy atom. The molecule has 0 atom stereocenters. The Morgan fingerprint density at radius 3 is 3.07 bits per heavy atom. The minimum absolute atomic E-state index is 0.657. The molecular weight excluding hydrogens is 178 g/mol. The first-order valence-electron chi connectivity index (χ1n) is 5.01. The highest BCUT2D eigenvalue weighted by Crippen LogP contribution is 2.32. The Hall–Kier alpha value is -1.32. The summed E-state index contributed by atoms with van der Waals surface area (Å²) in [5.41, 5.74) is 0. The Bertz CT molecular complexity index is 299. The van der Waals surface area contributed by atoms with E-state index in [0.29, 0.717) is 5.88 Å². The fraction of sp³-hybridized carbons (Fsp3) is 0.600. The molecular formula is C10H15N3O. The molecule has 0 unspecified atom stereocenters. The highest BCUT2D eigenvalue weighted by atomic mass is 16.5. The number of ether oxygens (including phenoxy) is 1. The molecule has 1 fully saturated rings. The van der Waals surface area contributed by atoms with Crippen molar-refractivity contribution in [1.82, 2.24) is 9.97 Å². The van der Waals surface area contributed by atoms with Crippen molar-refractivity contribution in [2.24, 2.45) is 5.92 Å². The summed E-state index contributed by atoms with van der Waals surface area (Å²) in [4.78, 5) is 8.04. The lowest BCUT2D eigenvalue weighted by Crippen LogP contribution is -2.01. The van der Waals surface area contributed by atoms with Crippen LogP contribution in [0.5, 0.6) is 5.88 Å². The molecule has 0 aromatic carbocycles. The van der Waals surface area contributed by atoms with E-state index in [1.165, 1.54) is 19.2 Å². The van der Waals surface area contributed by atoms with Gasteiger partial charge in [0.25, 0.3) is 0 Å². The zero-order chi connectivity index (χ0) is 9.80. The minimum Gasteiger partial charge on any atom is -0.478 e. The van der Waals surface area contributed by atoms with E-state index in [9.17, 15) is 0 Å². The summed E-state index contributed by atoms with van der Waals surface area (Å²) < 4.78 is 5.51. The normalized spacial score (nSPS) is 15.2. The van der Waals surface area contributed by atoms with E-state index in [1.54, 1.807) is 0 Å². The Labute approximate surface area is 83.7 Å². The van der Waals surface area contributed by atoms with Gasteiger partial charge in [-0.25, -0.2) is 9.97 Å². The van der Waals surface area contributed by atoms with Gasteiger partial charge in [0, 0.05) is 13.1 Å². The molecule has 4 heteroatoms. The first kappa shape index (κ1) is 9.24. The van der Waals surface area contributed by atoms with Gasteiger partial charge in [0.05, 0.1) is 6.61 Å². The van der Waals surface area contributed by atoms with Gasteiger partial charge in [0.1, 0.15) is 12.1 Å². The van der Waals surface area contributed by atoms with Gasteiger partial charge in [-0.15, -0.1) is 0 Å². The molecule has 0 saturated heterocycles. The summed E-state index contributed by atoms with van der Waals surface area (Å²) in [6.45, 7) is 0.769. The SMILES string of the molecule is CNc1cc(OCCC2CC2)ncn1. The van der Waals surface area contributed by atoms with E-state index >= 15 is 0 Å².